The van der Waals surface area contributed by atoms with Crippen molar-refractivity contribution in [2.24, 2.45) is 17.7 Å². The first kappa shape index (κ1) is 14.3. The van der Waals surface area contributed by atoms with Crippen LogP contribution in [-0.4, -0.2) is 0 Å². The van der Waals surface area contributed by atoms with Gasteiger partial charge in [0.25, 0.3) is 0 Å². The fraction of sp³-hybridized carbons (Fsp3) is 0.600. The third-order valence-corrected chi connectivity index (χ3v) is 4.98. The van der Waals surface area contributed by atoms with E-state index < -0.39 is 0 Å². The maximum Gasteiger partial charge on any atom is 0.0491 e. The zero-order valence-electron chi connectivity index (χ0n) is 11.0. The fourth-order valence-electron chi connectivity index (χ4n) is 3.35. The molecule has 3 unspecified atom stereocenters. The summed E-state index contributed by atoms with van der Waals surface area (Å²) in [6.07, 6.45) is 6.68. The molecule has 3 N–H and O–H groups in total. The molecule has 1 aliphatic rings. The lowest BCUT2D eigenvalue weighted by Crippen LogP contribution is -2.38. The minimum atomic E-state index is 0.310. The highest BCUT2D eigenvalue weighted by Crippen LogP contribution is 2.40. The normalized spacial score (nSPS) is 25.9. The summed E-state index contributed by atoms with van der Waals surface area (Å²) in [4.78, 5) is 0. The predicted octanol–water partition coefficient (Wildman–Crippen LogP) is 4.01. The second-order valence-corrected chi connectivity index (χ2v) is 6.56. The predicted molar refractivity (Wildman–Crippen MR) is 85.0 cm³/mol. The Morgan fingerprint density at radius 3 is 2.83 bits per heavy atom. The molecule has 1 aromatic carbocycles. The SMILES string of the molecule is CCC1CCCCC1C(NN)c1cccc(I)c1. The Morgan fingerprint density at radius 2 is 2.17 bits per heavy atom. The van der Waals surface area contributed by atoms with Crippen molar-refractivity contribution < 1.29 is 0 Å². The average Bonchev–Trinajstić information content (AvgIpc) is 2.40. The minimum Gasteiger partial charge on any atom is -0.271 e. The molecule has 3 atom stereocenters. The van der Waals surface area contributed by atoms with E-state index in [0.29, 0.717) is 12.0 Å². The van der Waals surface area contributed by atoms with Crippen molar-refractivity contribution in [1.29, 1.82) is 0 Å². The Balaban J connectivity index is 2.21. The number of hydrogen-bond donors (Lipinski definition) is 2. The molecule has 0 spiro atoms. The summed E-state index contributed by atoms with van der Waals surface area (Å²) in [6.45, 7) is 2.31. The van der Waals surface area contributed by atoms with Gasteiger partial charge in [0.15, 0.2) is 0 Å². The minimum absolute atomic E-state index is 0.310. The van der Waals surface area contributed by atoms with Crippen LogP contribution in [0.25, 0.3) is 0 Å². The van der Waals surface area contributed by atoms with E-state index in [2.05, 4.69) is 59.2 Å². The Morgan fingerprint density at radius 1 is 1.39 bits per heavy atom. The van der Waals surface area contributed by atoms with Gasteiger partial charge in [-0.05, 0) is 58.5 Å². The Hall–Kier alpha value is -0.130. The molecule has 0 amide bonds. The van der Waals surface area contributed by atoms with Crippen molar-refractivity contribution in [2.75, 3.05) is 0 Å². The molecule has 0 aliphatic heterocycles. The van der Waals surface area contributed by atoms with Crippen molar-refractivity contribution >= 4 is 22.6 Å². The second kappa shape index (κ2) is 6.87. The lowest BCUT2D eigenvalue weighted by molar-refractivity contribution is 0.176. The van der Waals surface area contributed by atoms with Crippen molar-refractivity contribution in [3.05, 3.63) is 33.4 Å². The Kier molecular flexibility index (Phi) is 5.45. The smallest absolute Gasteiger partial charge is 0.0491 e. The zero-order valence-corrected chi connectivity index (χ0v) is 13.2. The van der Waals surface area contributed by atoms with E-state index in [0.717, 1.165) is 5.92 Å². The van der Waals surface area contributed by atoms with Gasteiger partial charge in [-0.2, -0.15) is 0 Å². The van der Waals surface area contributed by atoms with Crippen LogP contribution in [0.5, 0.6) is 0 Å². The van der Waals surface area contributed by atoms with Crippen LogP contribution in [0.15, 0.2) is 24.3 Å². The van der Waals surface area contributed by atoms with Gasteiger partial charge in [0, 0.05) is 9.61 Å². The van der Waals surface area contributed by atoms with Crippen LogP contribution in [0.4, 0.5) is 0 Å². The molecule has 18 heavy (non-hydrogen) atoms. The van der Waals surface area contributed by atoms with Gasteiger partial charge in [-0.3, -0.25) is 11.3 Å². The van der Waals surface area contributed by atoms with Crippen LogP contribution < -0.4 is 11.3 Å². The molecule has 1 aromatic rings. The maximum atomic E-state index is 5.85. The lowest BCUT2D eigenvalue weighted by Gasteiger charge is -2.36. The molecule has 0 saturated heterocycles. The lowest BCUT2D eigenvalue weighted by atomic mass is 9.72. The highest BCUT2D eigenvalue weighted by atomic mass is 127. The van der Waals surface area contributed by atoms with Crippen molar-refractivity contribution in [3.63, 3.8) is 0 Å². The number of nitrogens with one attached hydrogen (secondary N) is 1. The first-order valence-electron chi connectivity index (χ1n) is 6.97. The van der Waals surface area contributed by atoms with Crippen LogP contribution in [0.3, 0.4) is 0 Å². The van der Waals surface area contributed by atoms with Gasteiger partial charge in [0.05, 0.1) is 0 Å². The number of halogens is 1. The molecule has 0 heterocycles. The molecule has 0 bridgehead atoms. The zero-order chi connectivity index (χ0) is 13.0. The third-order valence-electron chi connectivity index (χ3n) is 4.31. The number of benzene rings is 1. The number of rotatable bonds is 4. The van der Waals surface area contributed by atoms with E-state index in [9.17, 15) is 0 Å². The third kappa shape index (κ3) is 3.25. The molecule has 100 valence electrons. The number of nitrogens with two attached hydrogens (primary N) is 1. The first-order chi connectivity index (χ1) is 8.76. The van der Waals surface area contributed by atoms with Crippen LogP contribution in [0.2, 0.25) is 0 Å². The van der Waals surface area contributed by atoms with Crippen LogP contribution >= 0.6 is 22.6 Å². The van der Waals surface area contributed by atoms with Gasteiger partial charge in [-0.1, -0.05) is 44.7 Å². The van der Waals surface area contributed by atoms with Crippen molar-refractivity contribution in [1.82, 2.24) is 5.43 Å². The highest BCUT2D eigenvalue weighted by Gasteiger charge is 2.31. The molecule has 1 aliphatic carbocycles. The fourth-order valence-corrected chi connectivity index (χ4v) is 3.92. The summed E-state index contributed by atoms with van der Waals surface area (Å²) in [6, 6.07) is 9.03. The van der Waals surface area contributed by atoms with Gasteiger partial charge in [0.1, 0.15) is 0 Å². The molecular weight excluding hydrogens is 335 g/mol. The summed E-state index contributed by atoms with van der Waals surface area (Å²) in [7, 11) is 0. The molecule has 2 nitrogen and oxygen atoms in total. The topological polar surface area (TPSA) is 38.0 Å². The Bertz CT molecular complexity index is 381. The van der Waals surface area contributed by atoms with Gasteiger partial charge < -0.3 is 0 Å². The van der Waals surface area contributed by atoms with E-state index in [4.69, 9.17) is 5.84 Å². The standard InChI is InChI=1S/C15H23IN2/c1-2-11-6-3-4-9-14(11)15(18-17)12-7-5-8-13(16)10-12/h5,7-8,10-11,14-15,18H,2-4,6,9,17H2,1H3. The largest absolute Gasteiger partial charge is 0.271 e. The van der Waals surface area contributed by atoms with E-state index in [1.165, 1.54) is 41.2 Å². The summed E-state index contributed by atoms with van der Waals surface area (Å²) in [5.41, 5.74) is 4.42. The maximum absolute atomic E-state index is 5.85. The van der Waals surface area contributed by atoms with Crippen LogP contribution in [0, 0.1) is 15.4 Å². The molecule has 1 saturated carbocycles. The van der Waals surface area contributed by atoms with Crippen LogP contribution in [0.1, 0.15) is 50.6 Å². The van der Waals surface area contributed by atoms with E-state index >= 15 is 0 Å². The number of hydrogen-bond acceptors (Lipinski definition) is 2. The quantitative estimate of drug-likeness (QED) is 0.485. The van der Waals surface area contributed by atoms with Gasteiger partial charge in [-0.15, -0.1) is 0 Å². The first-order valence-corrected chi connectivity index (χ1v) is 8.05. The average molecular weight is 358 g/mol. The molecule has 3 heteroatoms. The Labute approximate surface area is 124 Å². The molecule has 2 rings (SSSR count). The monoisotopic (exact) mass is 358 g/mol. The highest BCUT2D eigenvalue weighted by molar-refractivity contribution is 14.1. The second-order valence-electron chi connectivity index (χ2n) is 5.32. The van der Waals surface area contributed by atoms with Crippen molar-refractivity contribution in [3.8, 4) is 0 Å². The van der Waals surface area contributed by atoms with E-state index in [1.54, 1.807) is 0 Å². The van der Waals surface area contributed by atoms with Crippen molar-refractivity contribution in [2.45, 2.75) is 45.1 Å². The molecule has 0 aromatic heterocycles. The van der Waals surface area contributed by atoms with Gasteiger partial charge in [0.2, 0.25) is 0 Å². The van der Waals surface area contributed by atoms with E-state index in [1.807, 2.05) is 0 Å². The molecular formula is C15H23IN2. The molecule has 1 fully saturated rings. The van der Waals surface area contributed by atoms with Gasteiger partial charge in [-0.25, -0.2) is 0 Å². The van der Waals surface area contributed by atoms with E-state index in [-0.39, 0.29) is 0 Å². The summed E-state index contributed by atoms with van der Waals surface area (Å²) < 4.78 is 1.29. The summed E-state index contributed by atoms with van der Waals surface area (Å²) in [5, 5.41) is 0. The summed E-state index contributed by atoms with van der Waals surface area (Å²) >= 11 is 2.37. The van der Waals surface area contributed by atoms with Gasteiger partial charge >= 0.3 is 0 Å². The number of hydrazine groups is 1. The molecule has 0 radical (unpaired) electrons. The summed E-state index contributed by atoms with van der Waals surface area (Å²) in [5.74, 6) is 7.35. The van der Waals surface area contributed by atoms with Crippen LogP contribution in [-0.2, 0) is 0 Å².